The Hall–Kier alpha value is -1.78. The number of halogens is 3. The third-order valence-electron chi connectivity index (χ3n) is 6.24. The predicted molar refractivity (Wildman–Crippen MR) is 145 cm³/mol. The number of nitrogens with one attached hydrogen (secondary N) is 1. The average Bonchev–Trinajstić information content (AvgIpc) is 3.31. The second kappa shape index (κ2) is 12.4. The number of alkyl halides is 3. The first-order valence-corrected chi connectivity index (χ1v) is 13.8. The molecule has 0 bridgehead atoms. The van der Waals surface area contributed by atoms with Crippen LogP contribution in [0.1, 0.15) is 41.6 Å². The molecule has 7 nitrogen and oxygen atoms in total. The number of hydrogen-bond acceptors (Lipinski definition) is 6. The minimum Gasteiger partial charge on any atom is -0.392 e. The Bertz CT molecular complexity index is 1190. The number of thioether (sulfide) groups is 1. The maximum Gasteiger partial charge on any atom is 0.272 e. The van der Waals surface area contributed by atoms with Crippen LogP contribution in [0, 0.1) is 5.92 Å². The van der Waals surface area contributed by atoms with E-state index in [4.69, 9.17) is 44.3 Å². The molecule has 2 N–H and O–H groups in total. The normalized spacial score (nSPS) is 22.1. The van der Waals surface area contributed by atoms with E-state index >= 15 is 0 Å². The van der Waals surface area contributed by atoms with Crippen molar-refractivity contribution in [1.29, 1.82) is 0 Å². The summed E-state index contributed by atoms with van der Waals surface area (Å²) < 4.78 is 12.9. The van der Waals surface area contributed by atoms with Crippen LogP contribution in [-0.4, -0.2) is 36.2 Å². The number of aryl methyl sites for hydroxylation is 1. The summed E-state index contributed by atoms with van der Waals surface area (Å²) in [5, 5.41) is 13.0. The molecule has 0 spiro atoms. The molecule has 198 valence electrons. The minimum atomic E-state index is -2.01. The monoisotopic (exact) mass is 583 g/mol. The summed E-state index contributed by atoms with van der Waals surface area (Å²) in [6.45, 7) is 2.34. The van der Waals surface area contributed by atoms with Gasteiger partial charge in [-0.25, -0.2) is 4.98 Å². The van der Waals surface area contributed by atoms with Crippen molar-refractivity contribution < 1.29 is 19.4 Å². The fourth-order valence-electron chi connectivity index (χ4n) is 4.03. The molecule has 1 saturated heterocycles. The quantitative estimate of drug-likeness (QED) is 0.269. The highest BCUT2D eigenvalue weighted by atomic mass is 35.6. The lowest BCUT2D eigenvalue weighted by molar-refractivity contribution is -0.268. The Kier molecular flexibility index (Phi) is 9.45. The lowest BCUT2D eigenvalue weighted by Gasteiger charge is -2.41. The number of imidazole rings is 1. The Morgan fingerprint density at radius 1 is 1.08 bits per heavy atom. The molecule has 0 aliphatic carbocycles. The van der Waals surface area contributed by atoms with Crippen LogP contribution in [0.5, 0.6) is 0 Å². The van der Waals surface area contributed by atoms with Crippen LogP contribution < -0.4 is 5.32 Å². The molecular weight excluding hydrogens is 557 g/mol. The van der Waals surface area contributed by atoms with Gasteiger partial charge in [-0.1, -0.05) is 102 Å². The molecular formula is C26H28Cl3N3O4S. The van der Waals surface area contributed by atoms with Crippen molar-refractivity contribution in [3.05, 3.63) is 83.2 Å². The second-order valence-electron chi connectivity index (χ2n) is 8.88. The van der Waals surface area contributed by atoms with Crippen LogP contribution in [0.25, 0.3) is 0 Å². The minimum absolute atomic E-state index is 0.00944. The number of rotatable bonds is 8. The number of aliphatic hydroxyl groups is 1. The van der Waals surface area contributed by atoms with E-state index in [-0.39, 0.29) is 31.3 Å². The first-order valence-electron chi connectivity index (χ1n) is 11.7. The van der Waals surface area contributed by atoms with Crippen LogP contribution in [0.3, 0.4) is 0 Å². The highest BCUT2D eigenvalue weighted by Gasteiger charge is 2.38. The summed E-state index contributed by atoms with van der Waals surface area (Å²) in [5.41, 5.74) is 3.57. The third kappa shape index (κ3) is 7.20. The number of carbonyl (C=O) groups excluding carboxylic acids is 1. The van der Waals surface area contributed by atoms with Gasteiger partial charge in [-0.05, 0) is 16.7 Å². The second-order valence-corrected chi connectivity index (χ2v) is 12.1. The van der Waals surface area contributed by atoms with Crippen molar-refractivity contribution in [2.45, 2.75) is 47.5 Å². The molecule has 1 amide bonds. The Morgan fingerprint density at radius 3 is 2.32 bits per heavy atom. The summed E-state index contributed by atoms with van der Waals surface area (Å²) in [6.07, 6.45) is 2.80. The number of carbonyl (C=O) groups is 1. The lowest BCUT2D eigenvalue weighted by Crippen LogP contribution is -2.38. The van der Waals surface area contributed by atoms with E-state index in [1.54, 1.807) is 18.0 Å². The summed E-state index contributed by atoms with van der Waals surface area (Å²) in [4.78, 5) is 16.2. The number of amides is 1. The fraction of sp³-hybridized carbons (Fsp3) is 0.385. The van der Waals surface area contributed by atoms with Gasteiger partial charge in [0.2, 0.25) is 0 Å². The molecule has 0 radical (unpaired) electrons. The number of benzene rings is 2. The molecule has 0 saturated carbocycles. The van der Waals surface area contributed by atoms with Crippen LogP contribution in [0.4, 0.5) is 0 Å². The number of nitrogens with zero attached hydrogens (tertiary/aromatic N) is 2. The zero-order chi connectivity index (χ0) is 26.6. The van der Waals surface area contributed by atoms with E-state index in [0.29, 0.717) is 5.75 Å². The highest BCUT2D eigenvalue weighted by Crippen LogP contribution is 2.43. The van der Waals surface area contributed by atoms with Gasteiger partial charge in [-0.15, -0.1) is 0 Å². The average molecular weight is 585 g/mol. The van der Waals surface area contributed by atoms with Gasteiger partial charge in [-0.2, -0.15) is 0 Å². The molecule has 2 aromatic carbocycles. The Morgan fingerprint density at radius 2 is 1.73 bits per heavy atom. The lowest BCUT2D eigenvalue weighted by atomic mass is 9.91. The van der Waals surface area contributed by atoms with E-state index < -0.39 is 16.0 Å². The molecule has 1 aliphatic heterocycles. The molecule has 1 fully saturated rings. The van der Waals surface area contributed by atoms with Gasteiger partial charge in [0.05, 0.1) is 18.8 Å². The van der Waals surface area contributed by atoms with Gasteiger partial charge in [0.15, 0.2) is 11.4 Å². The standard InChI is InChI=1S/C26H28Cl3N3O4S/c1-16-21(15-37-25-30-11-12-32(25)2)35-23(36-22(16)19-7-5-18(14-33)6-8-19)20-9-3-17(4-10-20)13-31-24(34)26(27,28)29/h3-12,16,21-23,33H,13-15H2,1-2H3,(H,31,34)/t16-,21+,22+,23+/m0/s1. The summed E-state index contributed by atoms with van der Waals surface area (Å²) in [6, 6.07) is 15.4. The van der Waals surface area contributed by atoms with Crippen molar-refractivity contribution in [3.8, 4) is 0 Å². The van der Waals surface area contributed by atoms with Gasteiger partial charge >= 0.3 is 0 Å². The van der Waals surface area contributed by atoms with E-state index in [0.717, 1.165) is 27.4 Å². The molecule has 1 aromatic heterocycles. The molecule has 11 heteroatoms. The Balaban J connectivity index is 1.51. The van der Waals surface area contributed by atoms with Gasteiger partial charge in [0.25, 0.3) is 9.70 Å². The zero-order valence-electron chi connectivity index (χ0n) is 20.3. The molecule has 4 rings (SSSR count). The summed E-state index contributed by atoms with van der Waals surface area (Å²) >= 11 is 18.5. The van der Waals surface area contributed by atoms with Gasteiger partial charge in [0.1, 0.15) is 0 Å². The number of aliphatic hydroxyl groups excluding tert-OH is 1. The van der Waals surface area contributed by atoms with Gasteiger partial charge < -0.3 is 24.5 Å². The van der Waals surface area contributed by atoms with Crippen molar-refractivity contribution in [3.63, 3.8) is 0 Å². The van der Waals surface area contributed by atoms with Crippen LogP contribution >= 0.6 is 46.6 Å². The molecule has 37 heavy (non-hydrogen) atoms. The SMILES string of the molecule is C[C@H]1[C@@H](CSc2nccn2C)O[C@@H](c2ccc(CNC(=O)C(Cl)(Cl)Cl)cc2)O[C@H]1c1ccc(CO)cc1. The van der Waals surface area contributed by atoms with Crippen molar-refractivity contribution in [2.24, 2.45) is 13.0 Å². The summed E-state index contributed by atoms with van der Waals surface area (Å²) in [5.74, 6) is 0.0937. The molecule has 3 aromatic rings. The van der Waals surface area contributed by atoms with Crippen molar-refractivity contribution in [2.75, 3.05) is 5.75 Å². The molecule has 2 heterocycles. The molecule has 1 aliphatic rings. The molecule has 0 unspecified atom stereocenters. The van der Waals surface area contributed by atoms with Crippen LogP contribution in [0.2, 0.25) is 0 Å². The largest absolute Gasteiger partial charge is 0.392 e. The van der Waals surface area contributed by atoms with E-state index in [9.17, 15) is 9.90 Å². The van der Waals surface area contributed by atoms with E-state index in [1.165, 1.54) is 0 Å². The van der Waals surface area contributed by atoms with Crippen molar-refractivity contribution >= 4 is 52.5 Å². The van der Waals surface area contributed by atoms with Gasteiger partial charge in [0, 0.05) is 43.2 Å². The van der Waals surface area contributed by atoms with E-state index in [1.807, 2.05) is 66.3 Å². The van der Waals surface area contributed by atoms with Crippen LogP contribution in [-0.2, 0) is 34.5 Å². The van der Waals surface area contributed by atoms with Crippen molar-refractivity contribution in [1.82, 2.24) is 14.9 Å². The Labute approximate surface area is 235 Å². The predicted octanol–water partition coefficient (Wildman–Crippen LogP) is 5.48. The first kappa shape index (κ1) is 28.2. The van der Waals surface area contributed by atoms with Crippen LogP contribution in [0.15, 0.2) is 66.1 Å². The number of ether oxygens (including phenoxy) is 2. The maximum atomic E-state index is 11.8. The number of aromatic nitrogens is 2. The summed E-state index contributed by atoms with van der Waals surface area (Å²) in [7, 11) is 1.97. The third-order valence-corrected chi connectivity index (χ3v) is 7.90. The first-order chi connectivity index (χ1) is 17.7. The van der Waals surface area contributed by atoms with E-state index in [2.05, 4.69) is 17.2 Å². The zero-order valence-corrected chi connectivity index (χ0v) is 23.4. The fourth-order valence-corrected chi connectivity index (χ4v) is 5.33. The highest BCUT2D eigenvalue weighted by molar-refractivity contribution is 7.99. The number of hydrogen-bond donors (Lipinski definition) is 2. The molecule has 4 atom stereocenters. The topological polar surface area (TPSA) is 85.6 Å². The smallest absolute Gasteiger partial charge is 0.272 e. The van der Waals surface area contributed by atoms with Gasteiger partial charge in [-0.3, -0.25) is 4.79 Å². The maximum absolute atomic E-state index is 11.8.